The Bertz CT molecular complexity index is 355. The molecular formula is C16H28N2O3. The van der Waals surface area contributed by atoms with Gasteiger partial charge in [-0.3, -0.25) is 9.59 Å². The molecule has 0 radical (unpaired) electrons. The molecule has 1 amide bonds. The Kier molecular flexibility index (Phi) is 8.55. The van der Waals surface area contributed by atoms with E-state index in [2.05, 4.69) is 11.9 Å². The van der Waals surface area contributed by atoms with E-state index >= 15 is 0 Å². The lowest BCUT2D eigenvalue weighted by Crippen LogP contribution is -2.35. The third-order valence-corrected chi connectivity index (χ3v) is 3.67. The van der Waals surface area contributed by atoms with Crippen molar-refractivity contribution in [3.63, 3.8) is 0 Å². The van der Waals surface area contributed by atoms with Gasteiger partial charge in [0, 0.05) is 13.5 Å². The Hall–Kier alpha value is -1.52. The van der Waals surface area contributed by atoms with Gasteiger partial charge in [-0.05, 0) is 12.8 Å². The largest absolute Gasteiger partial charge is 0.464 e. The van der Waals surface area contributed by atoms with E-state index in [1.807, 2.05) is 0 Å². The summed E-state index contributed by atoms with van der Waals surface area (Å²) < 4.78 is 5.18. The van der Waals surface area contributed by atoms with Crippen molar-refractivity contribution in [3.8, 4) is 0 Å². The smallest absolute Gasteiger partial charge is 0.325 e. The number of ether oxygens (including phenoxy) is 1. The van der Waals surface area contributed by atoms with Crippen LogP contribution < -0.4 is 5.32 Å². The van der Waals surface area contributed by atoms with Gasteiger partial charge in [0.25, 0.3) is 0 Å². The number of carbonyl (C=O) groups excluding carboxylic acids is 2. The van der Waals surface area contributed by atoms with Crippen molar-refractivity contribution in [2.75, 3.05) is 20.2 Å². The summed E-state index contributed by atoms with van der Waals surface area (Å²) >= 11 is 0. The first-order chi connectivity index (χ1) is 10.1. The molecule has 0 spiro atoms. The fourth-order valence-electron chi connectivity index (χ4n) is 2.29. The van der Waals surface area contributed by atoms with Gasteiger partial charge in [0.2, 0.25) is 5.91 Å². The standard InChI is InChI=1S/C16H28N2O3/c1-14-17-15(19)11-9-7-5-3-4-6-8-10-12-21-16(20)13-18(14)2/h1,3-13H2,2H3,(H,17,19). The monoisotopic (exact) mass is 296 g/mol. The molecule has 0 saturated carbocycles. The van der Waals surface area contributed by atoms with Crippen LogP contribution in [0.25, 0.3) is 0 Å². The van der Waals surface area contributed by atoms with Gasteiger partial charge in [0.15, 0.2) is 0 Å². The highest BCUT2D eigenvalue weighted by molar-refractivity contribution is 5.78. The topological polar surface area (TPSA) is 58.6 Å². The molecule has 1 N–H and O–H groups in total. The predicted molar refractivity (Wildman–Crippen MR) is 82.4 cm³/mol. The maximum absolute atomic E-state index is 11.8. The molecule has 1 heterocycles. The summed E-state index contributed by atoms with van der Waals surface area (Å²) in [7, 11) is 1.72. The van der Waals surface area contributed by atoms with Crippen LogP contribution in [0.1, 0.15) is 57.8 Å². The SMILES string of the molecule is C=C1NC(=O)CCCCCCCCCCOC(=O)CN1C. The number of hydrogen-bond acceptors (Lipinski definition) is 4. The molecule has 0 aromatic carbocycles. The molecule has 0 aromatic heterocycles. The first-order valence-electron chi connectivity index (χ1n) is 7.95. The normalized spacial score (nSPS) is 21.4. The Balaban J connectivity index is 2.44. The second-order valence-electron chi connectivity index (χ2n) is 5.65. The average molecular weight is 296 g/mol. The van der Waals surface area contributed by atoms with E-state index in [0.29, 0.717) is 18.8 Å². The van der Waals surface area contributed by atoms with Crippen LogP contribution >= 0.6 is 0 Å². The van der Waals surface area contributed by atoms with Gasteiger partial charge in [-0.1, -0.05) is 45.1 Å². The van der Waals surface area contributed by atoms with E-state index < -0.39 is 0 Å². The number of esters is 1. The maximum atomic E-state index is 11.8. The number of nitrogens with one attached hydrogen (secondary N) is 1. The van der Waals surface area contributed by atoms with Crippen LogP contribution in [0.5, 0.6) is 0 Å². The van der Waals surface area contributed by atoms with Crippen molar-refractivity contribution in [1.29, 1.82) is 0 Å². The number of rotatable bonds is 0. The van der Waals surface area contributed by atoms with Crippen LogP contribution in [0.2, 0.25) is 0 Å². The van der Waals surface area contributed by atoms with Crippen molar-refractivity contribution in [2.45, 2.75) is 57.8 Å². The zero-order chi connectivity index (χ0) is 15.5. The summed E-state index contributed by atoms with van der Waals surface area (Å²) in [6.45, 7) is 4.37. The molecule has 0 bridgehead atoms. The minimum absolute atomic E-state index is 0.0375. The third kappa shape index (κ3) is 8.38. The van der Waals surface area contributed by atoms with Crippen molar-refractivity contribution < 1.29 is 14.3 Å². The minimum atomic E-state index is -0.280. The fourth-order valence-corrected chi connectivity index (χ4v) is 2.29. The van der Waals surface area contributed by atoms with Gasteiger partial charge in [0.1, 0.15) is 12.4 Å². The van der Waals surface area contributed by atoms with Crippen LogP contribution in [0.15, 0.2) is 12.4 Å². The van der Waals surface area contributed by atoms with Crippen LogP contribution in [0.4, 0.5) is 0 Å². The molecule has 1 aliphatic heterocycles. The summed E-state index contributed by atoms with van der Waals surface area (Å²) in [6, 6.07) is 0. The van der Waals surface area contributed by atoms with Gasteiger partial charge in [0.05, 0.1) is 6.61 Å². The lowest BCUT2D eigenvalue weighted by atomic mass is 10.1. The summed E-state index contributed by atoms with van der Waals surface area (Å²) in [5, 5.41) is 2.73. The molecule has 0 aromatic rings. The van der Waals surface area contributed by atoms with E-state index in [1.54, 1.807) is 11.9 Å². The van der Waals surface area contributed by atoms with Gasteiger partial charge in [-0.25, -0.2) is 0 Å². The highest BCUT2D eigenvalue weighted by Crippen LogP contribution is 2.10. The molecule has 1 aliphatic rings. The number of cyclic esters (lactones) is 1. The van der Waals surface area contributed by atoms with Crippen LogP contribution in [0, 0.1) is 0 Å². The molecule has 120 valence electrons. The van der Waals surface area contributed by atoms with Crippen molar-refractivity contribution >= 4 is 11.9 Å². The number of likely N-dealkylation sites (N-methyl/N-ethyl adjacent to an activating group) is 1. The molecule has 0 unspecified atom stereocenters. The van der Waals surface area contributed by atoms with E-state index in [9.17, 15) is 9.59 Å². The summed E-state index contributed by atoms with van der Waals surface area (Å²) in [5.41, 5.74) is 0. The predicted octanol–water partition coefficient (Wildman–Crippen LogP) is 2.57. The number of nitrogens with zero attached hydrogens (tertiary/aromatic N) is 1. The zero-order valence-corrected chi connectivity index (χ0v) is 13.2. The maximum Gasteiger partial charge on any atom is 0.325 e. The molecular weight excluding hydrogens is 268 g/mol. The Labute approximate surface area is 127 Å². The summed E-state index contributed by atoms with van der Waals surface area (Å²) in [5.74, 6) is 0.128. The van der Waals surface area contributed by atoms with Crippen molar-refractivity contribution in [2.24, 2.45) is 0 Å². The second-order valence-corrected chi connectivity index (χ2v) is 5.65. The number of carbonyl (C=O) groups is 2. The molecule has 0 atom stereocenters. The molecule has 0 aliphatic carbocycles. The highest BCUT2D eigenvalue weighted by atomic mass is 16.5. The zero-order valence-electron chi connectivity index (χ0n) is 13.2. The Morgan fingerprint density at radius 1 is 1.00 bits per heavy atom. The van der Waals surface area contributed by atoms with Gasteiger partial charge >= 0.3 is 5.97 Å². The fraction of sp³-hybridized carbons (Fsp3) is 0.750. The highest BCUT2D eigenvalue weighted by Gasteiger charge is 2.12. The van der Waals surface area contributed by atoms with Crippen LogP contribution in [0.3, 0.4) is 0 Å². The van der Waals surface area contributed by atoms with Gasteiger partial charge in [-0.2, -0.15) is 0 Å². The average Bonchev–Trinajstić information content (AvgIpc) is 2.43. The quantitative estimate of drug-likeness (QED) is 0.698. The van der Waals surface area contributed by atoms with E-state index in [1.165, 1.54) is 25.7 Å². The Morgan fingerprint density at radius 2 is 1.57 bits per heavy atom. The molecule has 5 heteroatoms. The lowest BCUT2D eigenvalue weighted by molar-refractivity contribution is -0.144. The van der Waals surface area contributed by atoms with Crippen LogP contribution in [-0.2, 0) is 14.3 Å². The van der Waals surface area contributed by atoms with Crippen molar-refractivity contribution in [3.05, 3.63) is 12.4 Å². The molecule has 21 heavy (non-hydrogen) atoms. The number of amides is 1. The first kappa shape index (κ1) is 17.5. The van der Waals surface area contributed by atoms with E-state index in [4.69, 9.17) is 4.74 Å². The molecule has 5 nitrogen and oxygen atoms in total. The van der Waals surface area contributed by atoms with Crippen LogP contribution in [-0.4, -0.2) is 37.0 Å². The van der Waals surface area contributed by atoms with E-state index in [-0.39, 0.29) is 18.4 Å². The summed E-state index contributed by atoms with van der Waals surface area (Å²) in [4.78, 5) is 25.0. The van der Waals surface area contributed by atoms with E-state index in [0.717, 1.165) is 25.7 Å². The molecule has 1 saturated heterocycles. The molecule has 1 rings (SSSR count). The first-order valence-corrected chi connectivity index (χ1v) is 7.95. The number of hydrogen-bond donors (Lipinski definition) is 1. The minimum Gasteiger partial charge on any atom is -0.464 e. The molecule has 1 fully saturated rings. The lowest BCUT2D eigenvalue weighted by Gasteiger charge is -2.21. The van der Waals surface area contributed by atoms with Gasteiger partial charge in [-0.15, -0.1) is 0 Å². The summed E-state index contributed by atoms with van der Waals surface area (Å²) in [6.07, 6.45) is 9.36. The Morgan fingerprint density at radius 3 is 2.24 bits per heavy atom. The van der Waals surface area contributed by atoms with Gasteiger partial charge < -0.3 is 15.0 Å². The third-order valence-electron chi connectivity index (χ3n) is 3.67. The van der Waals surface area contributed by atoms with Crippen molar-refractivity contribution in [1.82, 2.24) is 10.2 Å². The second kappa shape index (κ2) is 10.2.